The number of para-hydroxylation sites is 1. The van der Waals surface area contributed by atoms with Crippen molar-refractivity contribution < 1.29 is 14.3 Å². The fraction of sp³-hybridized carbons (Fsp3) is 0.412. The summed E-state index contributed by atoms with van der Waals surface area (Å²) >= 11 is 0. The summed E-state index contributed by atoms with van der Waals surface area (Å²) < 4.78 is 4.79. The maximum Gasteiger partial charge on any atom is 0.409 e. The highest BCUT2D eigenvalue weighted by molar-refractivity contribution is 5.98. The van der Waals surface area contributed by atoms with Crippen LogP contribution in [0.3, 0.4) is 0 Å². The van der Waals surface area contributed by atoms with Gasteiger partial charge in [0.15, 0.2) is 0 Å². The summed E-state index contributed by atoms with van der Waals surface area (Å²) in [6.45, 7) is 1.16. The van der Waals surface area contributed by atoms with Crippen LogP contribution in [-0.2, 0) is 4.74 Å². The number of H-pyrrole nitrogens is 1. The summed E-state index contributed by atoms with van der Waals surface area (Å²) in [5.74, 6) is -0.141. The Kier molecular flexibility index (Phi) is 4.50. The predicted octanol–water partition coefficient (Wildman–Crippen LogP) is 2.52. The number of nitrogens with zero attached hydrogens (tertiary/aromatic N) is 1. The van der Waals surface area contributed by atoms with Crippen molar-refractivity contribution in [3.63, 3.8) is 0 Å². The SMILES string of the molecule is COC(=O)N1CCCC[C@H](NC(=O)c2cc3ccccc3[nH]2)C1. The molecule has 3 rings (SSSR count). The third-order valence-corrected chi connectivity index (χ3v) is 4.21. The monoisotopic (exact) mass is 315 g/mol. The molecule has 2 N–H and O–H groups in total. The third kappa shape index (κ3) is 3.47. The maximum absolute atomic E-state index is 12.5. The number of amides is 2. The zero-order valence-electron chi connectivity index (χ0n) is 13.2. The van der Waals surface area contributed by atoms with E-state index in [-0.39, 0.29) is 18.0 Å². The summed E-state index contributed by atoms with van der Waals surface area (Å²) in [5.41, 5.74) is 1.48. The zero-order chi connectivity index (χ0) is 16.2. The molecule has 1 aliphatic rings. The van der Waals surface area contributed by atoms with Crippen molar-refractivity contribution >= 4 is 22.9 Å². The molecule has 6 nitrogen and oxygen atoms in total. The van der Waals surface area contributed by atoms with Gasteiger partial charge in [-0.15, -0.1) is 0 Å². The number of nitrogens with one attached hydrogen (secondary N) is 2. The van der Waals surface area contributed by atoms with E-state index in [2.05, 4.69) is 10.3 Å². The first-order valence-electron chi connectivity index (χ1n) is 7.89. The molecule has 1 aromatic carbocycles. The van der Waals surface area contributed by atoms with E-state index in [1.165, 1.54) is 7.11 Å². The number of carbonyl (C=O) groups is 2. The molecule has 122 valence electrons. The van der Waals surface area contributed by atoms with Crippen LogP contribution in [0.1, 0.15) is 29.8 Å². The second-order valence-corrected chi connectivity index (χ2v) is 5.85. The van der Waals surface area contributed by atoms with E-state index in [0.717, 1.165) is 30.2 Å². The highest BCUT2D eigenvalue weighted by Gasteiger charge is 2.24. The number of benzene rings is 1. The number of carbonyl (C=O) groups excluding carboxylic acids is 2. The zero-order valence-corrected chi connectivity index (χ0v) is 13.2. The fourth-order valence-electron chi connectivity index (χ4n) is 3.01. The molecule has 1 aliphatic heterocycles. The first-order valence-corrected chi connectivity index (χ1v) is 7.89. The lowest BCUT2D eigenvalue weighted by atomic mass is 10.1. The second kappa shape index (κ2) is 6.73. The minimum Gasteiger partial charge on any atom is -0.453 e. The summed E-state index contributed by atoms with van der Waals surface area (Å²) in [4.78, 5) is 29.0. The van der Waals surface area contributed by atoms with Crippen molar-refractivity contribution in [3.05, 3.63) is 36.0 Å². The number of rotatable bonds is 2. The van der Waals surface area contributed by atoms with Gasteiger partial charge >= 0.3 is 6.09 Å². The Morgan fingerprint density at radius 3 is 2.91 bits per heavy atom. The summed E-state index contributed by atoms with van der Waals surface area (Å²) in [6, 6.07) is 9.57. The normalized spacial score (nSPS) is 18.5. The molecule has 0 unspecified atom stereocenters. The molecule has 0 bridgehead atoms. The van der Waals surface area contributed by atoms with Crippen LogP contribution in [0, 0.1) is 0 Å². The van der Waals surface area contributed by atoms with Gasteiger partial charge in [-0.3, -0.25) is 4.79 Å². The number of methoxy groups -OCH3 is 1. The molecule has 0 aliphatic carbocycles. The molecule has 1 atom stereocenters. The van der Waals surface area contributed by atoms with E-state index in [0.29, 0.717) is 18.8 Å². The molecular weight excluding hydrogens is 294 g/mol. The molecule has 2 aromatic rings. The average Bonchev–Trinajstić information content (AvgIpc) is 2.87. The molecule has 23 heavy (non-hydrogen) atoms. The molecule has 2 amide bonds. The molecule has 6 heteroatoms. The van der Waals surface area contributed by atoms with Crippen LogP contribution in [0.2, 0.25) is 0 Å². The molecule has 0 spiro atoms. The molecule has 1 fully saturated rings. The van der Waals surface area contributed by atoms with Crippen LogP contribution in [0.25, 0.3) is 10.9 Å². The van der Waals surface area contributed by atoms with E-state index >= 15 is 0 Å². The smallest absolute Gasteiger partial charge is 0.409 e. The van der Waals surface area contributed by atoms with Gasteiger partial charge in [-0.1, -0.05) is 18.2 Å². The Morgan fingerprint density at radius 2 is 2.13 bits per heavy atom. The minimum atomic E-state index is -0.336. The number of likely N-dealkylation sites (tertiary alicyclic amines) is 1. The van der Waals surface area contributed by atoms with Gasteiger partial charge in [0.25, 0.3) is 5.91 Å². The molecular formula is C17H21N3O3. The van der Waals surface area contributed by atoms with Gasteiger partial charge < -0.3 is 19.9 Å². The summed E-state index contributed by atoms with van der Waals surface area (Å²) in [5, 5.41) is 4.03. The average molecular weight is 315 g/mol. The molecule has 0 saturated carbocycles. The number of ether oxygens (including phenoxy) is 1. The van der Waals surface area contributed by atoms with Gasteiger partial charge in [0.1, 0.15) is 5.69 Å². The Balaban J connectivity index is 1.69. The van der Waals surface area contributed by atoms with Gasteiger partial charge in [-0.05, 0) is 31.4 Å². The fourth-order valence-corrected chi connectivity index (χ4v) is 3.01. The van der Waals surface area contributed by atoms with Crippen LogP contribution >= 0.6 is 0 Å². The van der Waals surface area contributed by atoms with E-state index in [1.807, 2.05) is 30.3 Å². The number of hydrogen-bond acceptors (Lipinski definition) is 3. The Bertz CT molecular complexity index is 677. The first kappa shape index (κ1) is 15.4. The van der Waals surface area contributed by atoms with E-state index in [9.17, 15) is 9.59 Å². The van der Waals surface area contributed by atoms with E-state index in [1.54, 1.807) is 4.90 Å². The Labute approximate surface area is 134 Å². The van der Waals surface area contributed by atoms with Crippen LogP contribution in [0.4, 0.5) is 4.79 Å². The number of aromatic amines is 1. The Morgan fingerprint density at radius 1 is 1.30 bits per heavy atom. The van der Waals surface area contributed by atoms with E-state index in [4.69, 9.17) is 4.74 Å². The van der Waals surface area contributed by atoms with Crippen molar-refractivity contribution in [1.29, 1.82) is 0 Å². The minimum absolute atomic E-state index is 0.0597. The van der Waals surface area contributed by atoms with Gasteiger partial charge in [0.05, 0.1) is 7.11 Å². The highest BCUT2D eigenvalue weighted by Crippen LogP contribution is 2.16. The van der Waals surface area contributed by atoms with Crippen molar-refractivity contribution in [2.24, 2.45) is 0 Å². The topological polar surface area (TPSA) is 74.4 Å². The highest BCUT2D eigenvalue weighted by atomic mass is 16.5. The largest absolute Gasteiger partial charge is 0.453 e. The van der Waals surface area contributed by atoms with Gasteiger partial charge in [0, 0.05) is 30.0 Å². The van der Waals surface area contributed by atoms with Crippen LogP contribution in [0.15, 0.2) is 30.3 Å². The van der Waals surface area contributed by atoms with Crippen LogP contribution in [0.5, 0.6) is 0 Å². The maximum atomic E-state index is 12.5. The quantitative estimate of drug-likeness (QED) is 0.894. The third-order valence-electron chi connectivity index (χ3n) is 4.21. The van der Waals surface area contributed by atoms with Gasteiger partial charge in [-0.2, -0.15) is 0 Å². The molecule has 2 heterocycles. The number of fused-ring (bicyclic) bond motifs is 1. The second-order valence-electron chi connectivity index (χ2n) is 5.85. The summed E-state index contributed by atoms with van der Waals surface area (Å²) in [6.07, 6.45) is 2.43. The van der Waals surface area contributed by atoms with Crippen molar-refractivity contribution in [3.8, 4) is 0 Å². The lowest BCUT2D eigenvalue weighted by molar-refractivity contribution is 0.0909. The van der Waals surface area contributed by atoms with Crippen molar-refractivity contribution in [1.82, 2.24) is 15.2 Å². The molecule has 0 radical (unpaired) electrons. The molecule has 1 saturated heterocycles. The predicted molar refractivity (Wildman–Crippen MR) is 87.4 cm³/mol. The van der Waals surface area contributed by atoms with Crippen LogP contribution < -0.4 is 5.32 Å². The summed E-state index contributed by atoms with van der Waals surface area (Å²) in [7, 11) is 1.38. The van der Waals surface area contributed by atoms with Crippen molar-refractivity contribution in [2.75, 3.05) is 20.2 Å². The van der Waals surface area contributed by atoms with Crippen molar-refractivity contribution in [2.45, 2.75) is 25.3 Å². The number of hydrogen-bond donors (Lipinski definition) is 2. The number of aromatic nitrogens is 1. The van der Waals surface area contributed by atoms with Crippen LogP contribution in [-0.4, -0.2) is 48.1 Å². The first-order chi connectivity index (χ1) is 11.2. The Hall–Kier alpha value is -2.50. The van der Waals surface area contributed by atoms with Gasteiger partial charge in [0.2, 0.25) is 0 Å². The lowest BCUT2D eigenvalue weighted by Gasteiger charge is -2.23. The van der Waals surface area contributed by atoms with Gasteiger partial charge in [-0.25, -0.2) is 4.79 Å². The molecule has 1 aromatic heterocycles. The standard InChI is InChI=1S/C17H21N3O3/c1-23-17(22)20-9-5-4-7-13(11-20)18-16(21)15-10-12-6-2-3-8-14(12)19-15/h2-3,6,8,10,13,19H,4-5,7,9,11H2,1H3,(H,18,21)/t13-/m0/s1. The lowest BCUT2D eigenvalue weighted by Crippen LogP contribution is -2.44. The van der Waals surface area contributed by atoms with E-state index < -0.39 is 0 Å².